The minimum absolute atomic E-state index is 0.671. The van der Waals surface area contributed by atoms with Crippen LogP contribution in [0.2, 0.25) is 0 Å². The van der Waals surface area contributed by atoms with E-state index in [-0.39, 0.29) is 0 Å². The Bertz CT molecular complexity index is 169. The van der Waals surface area contributed by atoms with Crippen molar-refractivity contribution in [3.63, 3.8) is 0 Å². The number of rotatable bonds is 7. The zero-order valence-corrected chi connectivity index (χ0v) is 10.2. The first kappa shape index (κ1) is 14.2. The summed E-state index contributed by atoms with van der Waals surface area (Å²) in [5.74, 6) is 5.98. The van der Waals surface area contributed by atoms with Crippen molar-refractivity contribution in [1.82, 2.24) is 15.6 Å². The lowest BCUT2D eigenvalue weighted by atomic mass is 10.4. The second-order valence-electron chi connectivity index (χ2n) is 3.34. The van der Waals surface area contributed by atoms with Crippen LogP contribution in [-0.4, -0.2) is 43.6 Å². The van der Waals surface area contributed by atoms with Gasteiger partial charge in [-0.1, -0.05) is 13.8 Å². The number of nitrogens with zero attached hydrogens (tertiary/aromatic N) is 2. The molecule has 0 fully saturated rings. The predicted octanol–water partition coefficient (Wildman–Crippen LogP) is 0.147. The van der Waals surface area contributed by atoms with Crippen LogP contribution in [0.25, 0.3) is 0 Å². The van der Waals surface area contributed by atoms with Crippen molar-refractivity contribution < 1.29 is 0 Å². The molecule has 0 unspecified atom stereocenters. The van der Waals surface area contributed by atoms with Crippen molar-refractivity contribution >= 4 is 5.96 Å². The third-order valence-corrected chi connectivity index (χ3v) is 2.15. The average Bonchev–Trinajstić information content (AvgIpc) is 2.26. The fraction of sp³-hybridized carbons (Fsp3) is 0.900. The third kappa shape index (κ3) is 7.16. The Labute approximate surface area is 93.1 Å². The zero-order valence-electron chi connectivity index (χ0n) is 10.2. The van der Waals surface area contributed by atoms with Gasteiger partial charge in [-0.25, -0.2) is 5.84 Å². The number of guanidine groups is 1. The molecule has 0 spiro atoms. The van der Waals surface area contributed by atoms with E-state index in [1.807, 2.05) is 6.92 Å². The highest BCUT2D eigenvalue weighted by Crippen LogP contribution is 1.90. The zero-order chi connectivity index (χ0) is 11.5. The van der Waals surface area contributed by atoms with Crippen LogP contribution in [0.3, 0.4) is 0 Å². The smallest absolute Gasteiger partial charge is 0.205 e. The SMILES string of the molecule is CCCN(CC)CCN=C(NN)NCC. The number of hydrogen-bond donors (Lipinski definition) is 3. The van der Waals surface area contributed by atoms with Crippen LogP contribution in [0, 0.1) is 0 Å². The fourth-order valence-corrected chi connectivity index (χ4v) is 1.37. The minimum Gasteiger partial charge on any atom is -0.356 e. The normalized spacial score (nSPS) is 11.9. The van der Waals surface area contributed by atoms with Crippen LogP contribution in [-0.2, 0) is 0 Å². The van der Waals surface area contributed by atoms with E-state index in [2.05, 4.69) is 34.5 Å². The highest BCUT2D eigenvalue weighted by atomic mass is 15.3. The van der Waals surface area contributed by atoms with Gasteiger partial charge in [0.2, 0.25) is 5.96 Å². The summed E-state index contributed by atoms with van der Waals surface area (Å²) in [4.78, 5) is 6.71. The molecular weight excluding hydrogens is 190 g/mol. The molecule has 90 valence electrons. The molecular formula is C10H25N5. The summed E-state index contributed by atoms with van der Waals surface area (Å²) in [6.07, 6.45) is 1.19. The maximum Gasteiger partial charge on any atom is 0.205 e. The Morgan fingerprint density at radius 2 is 2.00 bits per heavy atom. The summed E-state index contributed by atoms with van der Waals surface area (Å²) < 4.78 is 0. The molecule has 0 aromatic heterocycles. The summed E-state index contributed by atoms with van der Waals surface area (Å²) in [7, 11) is 0. The van der Waals surface area contributed by atoms with Gasteiger partial charge < -0.3 is 10.2 Å². The van der Waals surface area contributed by atoms with Gasteiger partial charge in [0.25, 0.3) is 0 Å². The molecule has 5 heteroatoms. The molecule has 0 amide bonds. The van der Waals surface area contributed by atoms with Crippen LogP contribution >= 0.6 is 0 Å². The summed E-state index contributed by atoms with van der Waals surface area (Å²) in [6.45, 7) is 11.2. The molecule has 0 aliphatic rings. The van der Waals surface area contributed by atoms with Gasteiger partial charge in [-0.2, -0.15) is 0 Å². The number of likely N-dealkylation sites (N-methyl/N-ethyl adjacent to an activating group) is 1. The first-order valence-electron chi connectivity index (χ1n) is 5.75. The first-order chi connectivity index (χ1) is 7.28. The lowest BCUT2D eigenvalue weighted by molar-refractivity contribution is 0.297. The van der Waals surface area contributed by atoms with Crippen LogP contribution in [0.4, 0.5) is 0 Å². The Morgan fingerprint density at radius 3 is 2.47 bits per heavy atom. The van der Waals surface area contributed by atoms with Crippen LogP contribution < -0.4 is 16.6 Å². The van der Waals surface area contributed by atoms with E-state index in [9.17, 15) is 0 Å². The van der Waals surface area contributed by atoms with Gasteiger partial charge in [0, 0.05) is 13.1 Å². The maximum atomic E-state index is 5.31. The predicted molar refractivity (Wildman–Crippen MR) is 65.7 cm³/mol. The van der Waals surface area contributed by atoms with E-state index >= 15 is 0 Å². The summed E-state index contributed by atoms with van der Waals surface area (Å²) in [5.41, 5.74) is 2.55. The largest absolute Gasteiger partial charge is 0.356 e. The molecule has 0 aromatic rings. The van der Waals surface area contributed by atoms with E-state index in [0.717, 1.165) is 32.7 Å². The van der Waals surface area contributed by atoms with Crippen molar-refractivity contribution in [2.45, 2.75) is 27.2 Å². The van der Waals surface area contributed by atoms with Gasteiger partial charge in [0.15, 0.2) is 0 Å². The molecule has 0 saturated carbocycles. The molecule has 15 heavy (non-hydrogen) atoms. The van der Waals surface area contributed by atoms with Gasteiger partial charge in [-0.05, 0) is 26.4 Å². The van der Waals surface area contributed by atoms with Gasteiger partial charge in [-0.3, -0.25) is 10.4 Å². The van der Waals surface area contributed by atoms with Crippen molar-refractivity contribution in [2.24, 2.45) is 10.8 Å². The van der Waals surface area contributed by atoms with E-state index in [1.54, 1.807) is 0 Å². The Hall–Kier alpha value is -0.810. The monoisotopic (exact) mass is 215 g/mol. The second kappa shape index (κ2) is 9.73. The summed E-state index contributed by atoms with van der Waals surface area (Å²) >= 11 is 0. The number of aliphatic imine (C=N–C) groups is 1. The van der Waals surface area contributed by atoms with Gasteiger partial charge in [0.1, 0.15) is 0 Å². The first-order valence-corrected chi connectivity index (χ1v) is 5.75. The molecule has 5 nitrogen and oxygen atoms in total. The van der Waals surface area contributed by atoms with Gasteiger partial charge >= 0.3 is 0 Å². The molecule has 0 aliphatic heterocycles. The fourth-order valence-electron chi connectivity index (χ4n) is 1.37. The summed E-state index contributed by atoms with van der Waals surface area (Å²) in [6, 6.07) is 0. The van der Waals surface area contributed by atoms with Crippen LogP contribution in [0.1, 0.15) is 27.2 Å². The Morgan fingerprint density at radius 1 is 1.27 bits per heavy atom. The van der Waals surface area contributed by atoms with E-state index in [1.165, 1.54) is 6.42 Å². The molecule has 0 heterocycles. The number of nitrogens with one attached hydrogen (secondary N) is 2. The van der Waals surface area contributed by atoms with Crippen molar-refractivity contribution in [2.75, 3.05) is 32.7 Å². The molecule has 0 aromatic carbocycles. The molecule has 0 radical (unpaired) electrons. The third-order valence-electron chi connectivity index (χ3n) is 2.15. The quantitative estimate of drug-likeness (QED) is 0.245. The number of hydrogen-bond acceptors (Lipinski definition) is 3. The standard InChI is InChI=1S/C10H25N5/c1-4-8-15(6-3)9-7-13-10(14-11)12-5-2/h4-9,11H2,1-3H3,(H2,12,13,14). The maximum absolute atomic E-state index is 5.31. The highest BCUT2D eigenvalue weighted by molar-refractivity contribution is 5.79. The Balaban J connectivity index is 3.80. The second-order valence-corrected chi connectivity index (χ2v) is 3.34. The molecule has 4 N–H and O–H groups in total. The Kier molecular flexibility index (Phi) is 9.21. The van der Waals surface area contributed by atoms with E-state index in [0.29, 0.717) is 5.96 Å². The molecule has 0 saturated heterocycles. The van der Waals surface area contributed by atoms with Crippen molar-refractivity contribution in [3.8, 4) is 0 Å². The summed E-state index contributed by atoms with van der Waals surface area (Å²) in [5, 5.41) is 3.05. The van der Waals surface area contributed by atoms with Gasteiger partial charge in [0.05, 0.1) is 6.54 Å². The van der Waals surface area contributed by atoms with E-state index in [4.69, 9.17) is 5.84 Å². The van der Waals surface area contributed by atoms with Crippen LogP contribution in [0.15, 0.2) is 4.99 Å². The van der Waals surface area contributed by atoms with Gasteiger partial charge in [-0.15, -0.1) is 0 Å². The van der Waals surface area contributed by atoms with Crippen LogP contribution in [0.5, 0.6) is 0 Å². The minimum atomic E-state index is 0.671. The lowest BCUT2D eigenvalue weighted by Gasteiger charge is -2.18. The molecule has 0 bridgehead atoms. The topological polar surface area (TPSA) is 65.7 Å². The molecule has 0 atom stereocenters. The molecule has 0 rings (SSSR count). The highest BCUT2D eigenvalue weighted by Gasteiger charge is 1.99. The number of hydrazine groups is 1. The van der Waals surface area contributed by atoms with Crippen molar-refractivity contribution in [1.29, 1.82) is 0 Å². The number of nitrogens with two attached hydrogens (primary N) is 1. The van der Waals surface area contributed by atoms with E-state index < -0.39 is 0 Å². The van der Waals surface area contributed by atoms with Crippen molar-refractivity contribution in [3.05, 3.63) is 0 Å². The molecule has 0 aliphatic carbocycles. The average molecular weight is 215 g/mol. The lowest BCUT2D eigenvalue weighted by Crippen LogP contribution is -2.42.